The van der Waals surface area contributed by atoms with Crippen LogP contribution in [-0.2, 0) is 6.61 Å². The summed E-state index contributed by atoms with van der Waals surface area (Å²) < 4.78 is 5.74. The van der Waals surface area contributed by atoms with E-state index in [1.54, 1.807) is 5.38 Å². The summed E-state index contributed by atoms with van der Waals surface area (Å²) in [5.74, 6) is 0.505. The van der Waals surface area contributed by atoms with Crippen molar-refractivity contribution in [1.29, 1.82) is 0 Å². The quantitative estimate of drug-likeness (QED) is 0.649. The van der Waals surface area contributed by atoms with Gasteiger partial charge >= 0.3 is 0 Å². The Bertz CT molecular complexity index is 847. The van der Waals surface area contributed by atoms with E-state index in [0.29, 0.717) is 18.0 Å². The second-order valence-corrected chi connectivity index (χ2v) is 6.73. The molecule has 0 spiro atoms. The summed E-state index contributed by atoms with van der Waals surface area (Å²) >= 11 is 1.41. The Morgan fingerprint density at radius 2 is 1.92 bits per heavy atom. The first kappa shape index (κ1) is 18.1. The summed E-state index contributed by atoms with van der Waals surface area (Å²) in [5.41, 5.74) is 8.13. The Balaban J connectivity index is 1.56. The number of benzene rings is 2. The number of anilines is 1. The molecule has 6 heteroatoms. The molecule has 0 aliphatic rings. The normalized spacial score (nSPS) is 11.8. The van der Waals surface area contributed by atoms with Crippen LogP contribution in [0.5, 0.6) is 5.75 Å². The number of aromatic nitrogens is 1. The number of carbonyl (C=O) groups excluding carboxylic acids is 1. The van der Waals surface area contributed by atoms with Gasteiger partial charge < -0.3 is 15.8 Å². The molecule has 0 aliphatic carbocycles. The molecule has 5 nitrogen and oxygen atoms in total. The molecule has 2 aromatic carbocycles. The van der Waals surface area contributed by atoms with Crippen LogP contribution in [0.2, 0.25) is 0 Å². The number of nitrogens with zero attached hydrogens (tertiary/aromatic N) is 1. The van der Waals surface area contributed by atoms with Gasteiger partial charge in [-0.2, -0.15) is 0 Å². The van der Waals surface area contributed by atoms with Crippen molar-refractivity contribution in [1.82, 2.24) is 4.98 Å². The lowest BCUT2D eigenvalue weighted by molar-refractivity contribution is 0.102. The number of rotatable bonds is 7. The minimum absolute atomic E-state index is 0.123. The maximum Gasteiger partial charge on any atom is 0.275 e. The molecule has 26 heavy (non-hydrogen) atoms. The number of hydrogen-bond acceptors (Lipinski definition) is 5. The van der Waals surface area contributed by atoms with Crippen LogP contribution in [0.4, 0.5) is 5.69 Å². The minimum atomic E-state index is -0.242. The first-order valence-electron chi connectivity index (χ1n) is 8.45. The predicted molar refractivity (Wildman–Crippen MR) is 105 cm³/mol. The third-order valence-electron chi connectivity index (χ3n) is 3.87. The van der Waals surface area contributed by atoms with Crippen LogP contribution in [0, 0.1) is 0 Å². The third-order valence-corrected chi connectivity index (χ3v) is 4.85. The molecule has 3 N–H and O–H groups in total. The van der Waals surface area contributed by atoms with E-state index < -0.39 is 0 Å². The van der Waals surface area contributed by atoms with Gasteiger partial charge in [0.25, 0.3) is 5.91 Å². The largest absolute Gasteiger partial charge is 0.489 e. The summed E-state index contributed by atoms with van der Waals surface area (Å²) in [7, 11) is 0. The molecule has 1 atom stereocenters. The van der Waals surface area contributed by atoms with Crippen LogP contribution in [-0.4, -0.2) is 10.9 Å². The van der Waals surface area contributed by atoms with Gasteiger partial charge in [-0.05, 0) is 36.2 Å². The van der Waals surface area contributed by atoms with Crippen molar-refractivity contribution in [2.45, 2.75) is 26.0 Å². The smallest absolute Gasteiger partial charge is 0.275 e. The van der Waals surface area contributed by atoms with Crippen molar-refractivity contribution < 1.29 is 9.53 Å². The molecule has 0 fully saturated rings. The maximum absolute atomic E-state index is 12.3. The molecule has 0 radical (unpaired) electrons. The molecular formula is C20H21N3O2S. The summed E-state index contributed by atoms with van der Waals surface area (Å²) in [6.45, 7) is 2.50. The molecule has 3 rings (SSSR count). The Morgan fingerprint density at radius 1 is 1.19 bits per heavy atom. The monoisotopic (exact) mass is 367 g/mol. The Kier molecular flexibility index (Phi) is 5.99. The van der Waals surface area contributed by atoms with E-state index >= 15 is 0 Å². The molecule has 3 aromatic rings. The number of carbonyl (C=O) groups is 1. The van der Waals surface area contributed by atoms with Gasteiger partial charge in [0.1, 0.15) is 23.1 Å². The first-order chi connectivity index (χ1) is 12.7. The van der Waals surface area contributed by atoms with Gasteiger partial charge in [0, 0.05) is 11.1 Å². The summed E-state index contributed by atoms with van der Waals surface area (Å²) in [6, 6.07) is 17.1. The molecule has 1 heterocycles. The van der Waals surface area contributed by atoms with Crippen molar-refractivity contribution in [3.8, 4) is 5.75 Å². The fraction of sp³-hybridized carbons (Fsp3) is 0.200. The van der Waals surface area contributed by atoms with Crippen LogP contribution >= 0.6 is 11.3 Å². The highest BCUT2D eigenvalue weighted by molar-refractivity contribution is 7.09. The lowest BCUT2D eigenvalue weighted by Gasteiger charge is -2.08. The molecular weight excluding hydrogens is 346 g/mol. The van der Waals surface area contributed by atoms with E-state index in [-0.39, 0.29) is 11.9 Å². The van der Waals surface area contributed by atoms with Crippen LogP contribution in [0.3, 0.4) is 0 Å². The van der Waals surface area contributed by atoms with Crippen LogP contribution in [0.15, 0.2) is 60.0 Å². The summed E-state index contributed by atoms with van der Waals surface area (Å²) in [6.07, 6.45) is 0.791. The number of ether oxygens (including phenoxy) is 1. The molecule has 0 saturated carbocycles. The molecule has 0 bridgehead atoms. The molecule has 1 amide bonds. The fourth-order valence-corrected chi connectivity index (χ4v) is 3.19. The van der Waals surface area contributed by atoms with E-state index in [9.17, 15) is 4.79 Å². The highest BCUT2D eigenvalue weighted by Gasteiger charge is 2.14. The van der Waals surface area contributed by atoms with Crippen molar-refractivity contribution in [2.75, 3.05) is 5.32 Å². The van der Waals surface area contributed by atoms with Crippen molar-refractivity contribution in [2.24, 2.45) is 5.73 Å². The Hall–Kier alpha value is -2.70. The van der Waals surface area contributed by atoms with Gasteiger partial charge in [0.15, 0.2) is 0 Å². The third kappa shape index (κ3) is 4.68. The van der Waals surface area contributed by atoms with Gasteiger partial charge in [0.05, 0.1) is 6.04 Å². The lowest BCUT2D eigenvalue weighted by Crippen LogP contribution is -2.14. The second kappa shape index (κ2) is 8.60. The highest BCUT2D eigenvalue weighted by atomic mass is 32.1. The fourth-order valence-electron chi connectivity index (χ4n) is 2.31. The van der Waals surface area contributed by atoms with E-state index in [4.69, 9.17) is 10.5 Å². The van der Waals surface area contributed by atoms with E-state index in [1.807, 2.05) is 61.5 Å². The van der Waals surface area contributed by atoms with Crippen LogP contribution < -0.4 is 15.8 Å². The number of amides is 1. The van der Waals surface area contributed by atoms with Gasteiger partial charge in [-0.25, -0.2) is 4.98 Å². The van der Waals surface area contributed by atoms with E-state index in [2.05, 4.69) is 10.3 Å². The summed E-state index contributed by atoms with van der Waals surface area (Å²) in [4.78, 5) is 16.6. The molecule has 0 aliphatic heterocycles. The van der Waals surface area contributed by atoms with E-state index in [0.717, 1.165) is 22.7 Å². The van der Waals surface area contributed by atoms with Crippen LogP contribution in [0.1, 0.15) is 40.4 Å². The molecule has 0 saturated heterocycles. The molecule has 1 aromatic heterocycles. The lowest BCUT2D eigenvalue weighted by atomic mass is 10.2. The van der Waals surface area contributed by atoms with Gasteiger partial charge in [-0.3, -0.25) is 4.79 Å². The standard InChI is InChI=1S/C20H21N3O2S/c1-2-17(21)20-23-18(13-26-20)19(24)22-15-8-10-16(11-9-15)25-12-14-6-4-3-5-7-14/h3-11,13,17H,2,12,21H2,1H3,(H,22,24). The zero-order valence-corrected chi connectivity index (χ0v) is 15.3. The molecule has 134 valence electrons. The molecule has 1 unspecified atom stereocenters. The van der Waals surface area contributed by atoms with Crippen molar-refractivity contribution in [3.05, 3.63) is 76.2 Å². The van der Waals surface area contributed by atoms with Crippen LogP contribution in [0.25, 0.3) is 0 Å². The van der Waals surface area contributed by atoms with E-state index in [1.165, 1.54) is 11.3 Å². The maximum atomic E-state index is 12.3. The number of nitrogens with two attached hydrogens (primary N) is 1. The zero-order chi connectivity index (χ0) is 18.4. The average Bonchev–Trinajstić information content (AvgIpc) is 3.18. The highest BCUT2D eigenvalue weighted by Crippen LogP contribution is 2.21. The second-order valence-electron chi connectivity index (χ2n) is 5.84. The van der Waals surface area contributed by atoms with Gasteiger partial charge in [-0.1, -0.05) is 37.3 Å². The summed E-state index contributed by atoms with van der Waals surface area (Å²) in [5, 5.41) is 5.35. The topological polar surface area (TPSA) is 77.2 Å². The van der Waals surface area contributed by atoms with Crippen molar-refractivity contribution >= 4 is 22.9 Å². The predicted octanol–water partition coefficient (Wildman–Crippen LogP) is 4.38. The Labute approximate surface area is 156 Å². The SMILES string of the molecule is CCC(N)c1nc(C(=O)Nc2ccc(OCc3ccccc3)cc2)cs1. The Morgan fingerprint density at radius 3 is 2.62 bits per heavy atom. The number of thiazole rings is 1. The number of hydrogen-bond donors (Lipinski definition) is 2. The van der Waals surface area contributed by atoms with Crippen molar-refractivity contribution in [3.63, 3.8) is 0 Å². The first-order valence-corrected chi connectivity index (χ1v) is 9.33. The minimum Gasteiger partial charge on any atom is -0.489 e. The van der Waals surface area contributed by atoms with Gasteiger partial charge in [0.2, 0.25) is 0 Å². The zero-order valence-electron chi connectivity index (χ0n) is 14.5. The average molecular weight is 367 g/mol. The van der Waals surface area contributed by atoms with Gasteiger partial charge in [-0.15, -0.1) is 11.3 Å². The number of nitrogens with one attached hydrogen (secondary N) is 1.